The van der Waals surface area contributed by atoms with Crippen LogP contribution in [-0.2, 0) is 11.2 Å². The third kappa shape index (κ3) is 6.04. The molecule has 0 aliphatic heterocycles. The summed E-state index contributed by atoms with van der Waals surface area (Å²) in [7, 11) is 1.60. The summed E-state index contributed by atoms with van der Waals surface area (Å²) in [6.07, 6.45) is 2.20. The third-order valence-corrected chi connectivity index (χ3v) is 7.05. The van der Waals surface area contributed by atoms with Gasteiger partial charge in [-0.2, -0.15) is 5.26 Å². The van der Waals surface area contributed by atoms with Gasteiger partial charge in [0.25, 0.3) is 5.91 Å². The van der Waals surface area contributed by atoms with E-state index in [1.807, 2.05) is 36.4 Å². The van der Waals surface area contributed by atoms with E-state index in [1.165, 1.54) is 12.1 Å². The molecule has 8 heteroatoms. The number of rotatable bonds is 6. The smallest absolute Gasteiger partial charge is 0.266 e. The van der Waals surface area contributed by atoms with Gasteiger partial charge < -0.3 is 10.1 Å². The molecule has 4 nitrogen and oxygen atoms in total. The molecule has 0 fully saturated rings. The van der Waals surface area contributed by atoms with Crippen molar-refractivity contribution in [2.24, 2.45) is 0 Å². The number of nitrogens with zero attached hydrogens (tertiary/aromatic N) is 1. The number of hydrogen-bond donors (Lipinski definition) is 1. The molecule has 0 unspecified atom stereocenters. The largest absolute Gasteiger partial charge is 0.496 e. The van der Waals surface area contributed by atoms with E-state index in [-0.39, 0.29) is 5.57 Å². The minimum Gasteiger partial charge on any atom is -0.496 e. The molecule has 0 heterocycles. The second-order valence-corrected chi connectivity index (χ2v) is 9.54. The summed E-state index contributed by atoms with van der Waals surface area (Å²) in [5, 5.41) is 12.9. The predicted molar refractivity (Wildman–Crippen MR) is 141 cm³/mol. The van der Waals surface area contributed by atoms with Gasteiger partial charge in [0, 0.05) is 25.7 Å². The molecule has 0 aromatic heterocycles. The van der Waals surface area contributed by atoms with Crippen LogP contribution in [0.25, 0.3) is 6.08 Å². The Bertz CT molecular complexity index is 1260. The van der Waals surface area contributed by atoms with Gasteiger partial charge >= 0.3 is 0 Å². The van der Waals surface area contributed by atoms with Crippen molar-refractivity contribution in [2.75, 3.05) is 12.4 Å². The van der Waals surface area contributed by atoms with Crippen LogP contribution < -0.4 is 10.1 Å². The Hall–Kier alpha value is -2.05. The average molecular weight is 642 g/mol. The number of ether oxygens (including phenoxy) is 1. The van der Waals surface area contributed by atoms with Crippen LogP contribution >= 0.6 is 61.7 Å². The number of methoxy groups -OCH3 is 1. The number of benzene rings is 3. The monoisotopic (exact) mass is 640 g/mol. The van der Waals surface area contributed by atoms with Crippen LogP contribution in [0.1, 0.15) is 16.7 Å². The van der Waals surface area contributed by atoms with Crippen molar-refractivity contribution in [1.82, 2.24) is 0 Å². The van der Waals surface area contributed by atoms with Gasteiger partial charge in [0.1, 0.15) is 17.4 Å². The first kappa shape index (κ1) is 24.6. The zero-order chi connectivity index (χ0) is 23.3. The first-order valence-electron chi connectivity index (χ1n) is 9.30. The molecule has 0 atom stereocenters. The summed E-state index contributed by atoms with van der Waals surface area (Å²) < 4.78 is 7.60. The van der Waals surface area contributed by atoms with Crippen molar-refractivity contribution in [2.45, 2.75) is 6.42 Å². The maximum atomic E-state index is 12.6. The van der Waals surface area contributed by atoms with E-state index >= 15 is 0 Å². The number of nitrogens with one attached hydrogen (secondary N) is 1. The molecule has 3 aromatic rings. The van der Waals surface area contributed by atoms with E-state index < -0.39 is 5.91 Å². The second-order valence-electron chi connectivity index (χ2n) is 6.70. The maximum Gasteiger partial charge on any atom is 0.266 e. The molecule has 1 N–H and O–H groups in total. The summed E-state index contributed by atoms with van der Waals surface area (Å²) >= 11 is 17.7. The molecule has 0 aliphatic rings. The summed E-state index contributed by atoms with van der Waals surface area (Å²) in [5.74, 6) is 0.137. The summed E-state index contributed by atoms with van der Waals surface area (Å²) in [6.45, 7) is 0. The minimum absolute atomic E-state index is 0.0486. The van der Waals surface area contributed by atoms with Crippen molar-refractivity contribution in [3.05, 3.63) is 94.9 Å². The van der Waals surface area contributed by atoms with E-state index in [4.69, 9.17) is 27.9 Å². The molecule has 0 aliphatic carbocycles. The standard InChI is InChI=1S/C24H16BrCl2IN2O2/c1-32-23-10-14(9-22(28)18(23)11-15-4-2-3-5-19(15)25)8-16(13-29)24(31)30-17-6-7-20(26)21(27)12-17/h2-10,12H,11H2,1H3,(H,30,31)/b16-8+. The van der Waals surface area contributed by atoms with Crippen molar-refractivity contribution in [3.8, 4) is 11.8 Å². The van der Waals surface area contributed by atoms with Crippen LogP contribution in [0.5, 0.6) is 5.75 Å². The van der Waals surface area contributed by atoms with E-state index in [1.54, 1.807) is 19.2 Å². The Balaban J connectivity index is 1.89. The van der Waals surface area contributed by atoms with Gasteiger partial charge in [-0.05, 0) is 76.2 Å². The van der Waals surface area contributed by atoms with E-state index in [2.05, 4.69) is 49.9 Å². The minimum atomic E-state index is -0.544. The van der Waals surface area contributed by atoms with Crippen molar-refractivity contribution in [3.63, 3.8) is 0 Å². The lowest BCUT2D eigenvalue weighted by molar-refractivity contribution is -0.112. The molecular formula is C24H16BrCl2IN2O2. The van der Waals surface area contributed by atoms with Crippen LogP contribution in [-0.4, -0.2) is 13.0 Å². The zero-order valence-corrected chi connectivity index (χ0v) is 22.0. The lowest BCUT2D eigenvalue weighted by atomic mass is 10.0. The van der Waals surface area contributed by atoms with E-state index in [0.717, 1.165) is 19.2 Å². The Labute approximate surface area is 218 Å². The highest BCUT2D eigenvalue weighted by Gasteiger charge is 2.15. The highest BCUT2D eigenvalue weighted by atomic mass is 127. The SMILES string of the molecule is COc1cc(/C=C(\C#N)C(=O)Nc2ccc(Cl)c(Cl)c2)cc(I)c1Cc1ccccc1Br. The molecule has 1 amide bonds. The van der Waals surface area contributed by atoms with Crippen molar-refractivity contribution >= 4 is 79.4 Å². The van der Waals surface area contributed by atoms with Crippen LogP contribution in [0.3, 0.4) is 0 Å². The molecule has 0 radical (unpaired) electrons. The van der Waals surface area contributed by atoms with Gasteiger partial charge in [-0.25, -0.2) is 0 Å². The van der Waals surface area contributed by atoms with Gasteiger partial charge in [0.05, 0.1) is 17.2 Å². The zero-order valence-electron chi connectivity index (χ0n) is 16.8. The Morgan fingerprint density at radius 1 is 1.19 bits per heavy atom. The highest BCUT2D eigenvalue weighted by Crippen LogP contribution is 2.31. The van der Waals surface area contributed by atoms with Crippen molar-refractivity contribution < 1.29 is 9.53 Å². The Kier molecular flexibility index (Phi) is 8.60. The van der Waals surface area contributed by atoms with Gasteiger partial charge in [0.2, 0.25) is 0 Å². The fourth-order valence-corrected chi connectivity index (χ4v) is 4.53. The third-order valence-electron chi connectivity index (χ3n) is 4.58. The lowest BCUT2D eigenvalue weighted by Gasteiger charge is -2.13. The summed E-state index contributed by atoms with van der Waals surface area (Å²) in [6, 6.07) is 18.4. The van der Waals surface area contributed by atoms with Crippen LogP contribution in [0, 0.1) is 14.9 Å². The van der Waals surface area contributed by atoms with Crippen molar-refractivity contribution in [1.29, 1.82) is 5.26 Å². The normalized spacial score (nSPS) is 11.1. The topological polar surface area (TPSA) is 62.1 Å². The van der Waals surface area contributed by atoms with E-state index in [9.17, 15) is 10.1 Å². The second kappa shape index (κ2) is 11.2. The number of hydrogen-bond acceptors (Lipinski definition) is 3. The number of anilines is 1. The highest BCUT2D eigenvalue weighted by molar-refractivity contribution is 14.1. The first-order chi connectivity index (χ1) is 15.3. The van der Waals surface area contributed by atoms with Crippen LogP contribution in [0.4, 0.5) is 5.69 Å². The number of halogens is 4. The van der Waals surface area contributed by atoms with Gasteiger partial charge in [0.15, 0.2) is 0 Å². The van der Waals surface area contributed by atoms with Gasteiger partial charge in [-0.15, -0.1) is 0 Å². The first-order valence-corrected chi connectivity index (χ1v) is 11.9. The summed E-state index contributed by atoms with van der Waals surface area (Å²) in [4.78, 5) is 12.6. The van der Waals surface area contributed by atoms with E-state index in [0.29, 0.717) is 33.5 Å². The molecular weight excluding hydrogens is 626 g/mol. The summed E-state index contributed by atoms with van der Waals surface area (Å²) in [5.41, 5.74) is 3.23. The quantitative estimate of drug-likeness (QED) is 0.172. The Morgan fingerprint density at radius 2 is 1.94 bits per heavy atom. The molecule has 0 saturated heterocycles. The number of carbonyl (C=O) groups is 1. The Morgan fingerprint density at radius 3 is 2.59 bits per heavy atom. The molecule has 0 bridgehead atoms. The number of nitriles is 1. The lowest BCUT2D eigenvalue weighted by Crippen LogP contribution is -2.13. The fourth-order valence-electron chi connectivity index (χ4n) is 2.99. The molecule has 0 saturated carbocycles. The number of amides is 1. The maximum absolute atomic E-state index is 12.6. The molecule has 162 valence electrons. The molecule has 32 heavy (non-hydrogen) atoms. The molecule has 3 aromatic carbocycles. The van der Waals surface area contributed by atoms with Gasteiger partial charge in [-0.1, -0.05) is 57.3 Å². The predicted octanol–water partition coefficient (Wildman–Crippen LogP) is 7.51. The molecule has 0 spiro atoms. The average Bonchev–Trinajstić information content (AvgIpc) is 2.77. The van der Waals surface area contributed by atoms with Crippen LogP contribution in [0.2, 0.25) is 10.0 Å². The number of carbonyl (C=O) groups excluding carboxylic acids is 1. The fraction of sp³-hybridized carbons (Fsp3) is 0.0833. The van der Waals surface area contributed by atoms with Crippen LogP contribution in [0.15, 0.2) is 64.6 Å². The molecule has 3 rings (SSSR count). The van der Waals surface area contributed by atoms with Gasteiger partial charge in [-0.3, -0.25) is 4.79 Å².